The topological polar surface area (TPSA) is 81.4 Å². The number of para-hydroxylation sites is 1. The minimum atomic E-state index is -3.89. The van der Waals surface area contributed by atoms with Crippen molar-refractivity contribution in [2.45, 2.75) is 11.5 Å². The van der Waals surface area contributed by atoms with Crippen LogP contribution in [-0.2, 0) is 10.0 Å². The zero-order valence-corrected chi connectivity index (χ0v) is 9.58. The molecule has 8 heteroatoms. The molecule has 0 aromatic heterocycles. The summed E-state index contributed by atoms with van der Waals surface area (Å²) in [5.74, 6) is -0.396. The van der Waals surface area contributed by atoms with Gasteiger partial charge in [0.15, 0.2) is 0 Å². The SMILES string of the molecule is NCCNS(=O)(=O)c1ccccc1OC(F)F. The van der Waals surface area contributed by atoms with Crippen molar-refractivity contribution in [3.63, 3.8) is 0 Å². The predicted molar refractivity (Wildman–Crippen MR) is 57.3 cm³/mol. The number of rotatable bonds is 6. The highest BCUT2D eigenvalue weighted by atomic mass is 32.2. The average Bonchev–Trinajstić information content (AvgIpc) is 2.26. The molecule has 3 N–H and O–H groups in total. The summed E-state index contributed by atoms with van der Waals surface area (Å²) in [5.41, 5.74) is 5.15. The fraction of sp³-hybridized carbons (Fsp3) is 0.333. The molecular weight excluding hydrogens is 254 g/mol. The lowest BCUT2D eigenvalue weighted by Crippen LogP contribution is -2.29. The second-order valence-electron chi connectivity index (χ2n) is 3.01. The van der Waals surface area contributed by atoms with E-state index in [1.165, 1.54) is 18.2 Å². The molecule has 0 saturated carbocycles. The molecule has 0 amide bonds. The molecule has 1 aromatic rings. The predicted octanol–water partition coefficient (Wildman–Crippen LogP) is 0.525. The Balaban J connectivity index is 3.04. The summed E-state index contributed by atoms with van der Waals surface area (Å²) in [6.07, 6.45) is 0. The summed E-state index contributed by atoms with van der Waals surface area (Å²) in [4.78, 5) is -0.339. The van der Waals surface area contributed by atoms with Crippen LogP contribution in [0.5, 0.6) is 5.75 Å². The largest absolute Gasteiger partial charge is 0.433 e. The van der Waals surface area contributed by atoms with E-state index in [4.69, 9.17) is 5.73 Å². The number of halogens is 2. The van der Waals surface area contributed by atoms with Gasteiger partial charge in [0.2, 0.25) is 10.0 Å². The van der Waals surface area contributed by atoms with Crippen LogP contribution in [0.15, 0.2) is 29.2 Å². The Kier molecular flexibility index (Phi) is 4.79. The molecule has 0 spiro atoms. The Bertz CT molecular complexity index is 465. The first kappa shape index (κ1) is 13.8. The maximum absolute atomic E-state index is 12.1. The van der Waals surface area contributed by atoms with Crippen LogP contribution in [0.25, 0.3) is 0 Å². The molecule has 17 heavy (non-hydrogen) atoms. The highest BCUT2D eigenvalue weighted by Crippen LogP contribution is 2.24. The molecule has 0 aliphatic carbocycles. The van der Waals surface area contributed by atoms with Crippen LogP contribution in [-0.4, -0.2) is 28.1 Å². The van der Waals surface area contributed by atoms with E-state index in [0.717, 1.165) is 6.07 Å². The number of ether oxygens (including phenoxy) is 1. The zero-order valence-electron chi connectivity index (χ0n) is 8.77. The van der Waals surface area contributed by atoms with Gasteiger partial charge >= 0.3 is 6.61 Å². The van der Waals surface area contributed by atoms with E-state index < -0.39 is 22.4 Å². The zero-order chi connectivity index (χ0) is 12.9. The van der Waals surface area contributed by atoms with Gasteiger partial charge in [0.1, 0.15) is 10.6 Å². The standard InChI is InChI=1S/C9H12F2N2O3S/c10-9(11)16-7-3-1-2-4-8(7)17(14,15)13-6-5-12/h1-4,9,13H,5-6,12H2. The highest BCUT2D eigenvalue weighted by molar-refractivity contribution is 7.89. The summed E-state index contributed by atoms with van der Waals surface area (Å²) >= 11 is 0. The molecule has 96 valence electrons. The molecule has 0 fully saturated rings. The molecule has 0 saturated heterocycles. The third-order valence-electron chi connectivity index (χ3n) is 1.79. The van der Waals surface area contributed by atoms with Crippen LogP contribution < -0.4 is 15.2 Å². The number of alkyl halides is 2. The van der Waals surface area contributed by atoms with Crippen molar-refractivity contribution in [1.82, 2.24) is 4.72 Å². The first-order valence-electron chi connectivity index (χ1n) is 4.71. The fourth-order valence-electron chi connectivity index (χ4n) is 1.14. The van der Waals surface area contributed by atoms with Gasteiger partial charge in [-0.1, -0.05) is 12.1 Å². The summed E-state index contributed by atoms with van der Waals surface area (Å²) in [7, 11) is -3.89. The quantitative estimate of drug-likeness (QED) is 0.786. The van der Waals surface area contributed by atoms with E-state index in [1.54, 1.807) is 0 Å². The van der Waals surface area contributed by atoms with Crippen molar-refractivity contribution in [3.8, 4) is 5.75 Å². The summed E-state index contributed by atoms with van der Waals surface area (Å²) in [6.45, 7) is -2.96. The second kappa shape index (κ2) is 5.89. The minimum Gasteiger partial charge on any atom is -0.433 e. The second-order valence-corrected chi connectivity index (χ2v) is 4.75. The van der Waals surface area contributed by atoms with Gasteiger partial charge in [0.05, 0.1) is 0 Å². The van der Waals surface area contributed by atoms with Crippen molar-refractivity contribution in [1.29, 1.82) is 0 Å². The normalized spacial score (nSPS) is 11.8. The minimum absolute atomic E-state index is 0.0192. The van der Waals surface area contributed by atoms with E-state index in [2.05, 4.69) is 9.46 Å². The summed E-state index contributed by atoms with van der Waals surface area (Å²) in [6, 6.07) is 5.15. The van der Waals surface area contributed by atoms with Crippen LogP contribution in [0.1, 0.15) is 0 Å². The Hall–Kier alpha value is -1.25. The molecule has 0 aliphatic heterocycles. The maximum Gasteiger partial charge on any atom is 0.387 e. The molecule has 0 bridgehead atoms. The van der Waals surface area contributed by atoms with Crippen molar-refractivity contribution < 1.29 is 21.9 Å². The van der Waals surface area contributed by atoms with Crippen LogP contribution in [0, 0.1) is 0 Å². The lowest BCUT2D eigenvalue weighted by molar-refractivity contribution is -0.0517. The van der Waals surface area contributed by atoms with Gasteiger partial charge in [-0.15, -0.1) is 0 Å². The van der Waals surface area contributed by atoms with Crippen LogP contribution in [0.4, 0.5) is 8.78 Å². The Labute approximate surface area is 97.6 Å². The van der Waals surface area contributed by atoms with Crippen molar-refractivity contribution in [2.24, 2.45) is 5.73 Å². The number of nitrogens with two attached hydrogens (primary N) is 1. The first-order valence-corrected chi connectivity index (χ1v) is 6.19. The molecular formula is C9H12F2N2O3S. The van der Waals surface area contributed by atoms with Crippen molar-refractivity contribution >= 4 is 10.0 Å². The third-order valence-corrected chi connectivity index (χ3v) is 3.29. The number of sulfonamides is 1. The highest BCUT2D eigenvalue weighted by Gasteiger charge is 2.20. The third kappa shape index (κ3) is 3.91. The Morgan fingerprint density at radius 1 is 1.35 bits per heavy atom. The Morgan fingerprint density at radius 2 is 2.00 bits per heavy atom. The van der Waals surface area contributed by atoms with Crippen LogP contribution in [0.2, 0.25) is 0 Å². The monoisotopic (exact) mass is 266 g/mol. The first-order chi connectivity index (χ1) is 7.97. The lowest BCUT2D eigenvalue weighted by Gasteiger charge is -2.11. The van der Waals surface area contributed by atoms with Gasteiger partial charge in [0.25, 0.3) is 0 Å². The smallest absolute Gasteiger partial charge is 0.387 e. The fourth-order valence-corrected chi connectivity index (χ4v) is 2.32. The maximum atomic E-state index is 12.1. The average molecular weight is 266 g/mol. The summed E-state index contributed by atoms with van der Waals surface area (Å²) < 4.78 is 53.9. The molecule has 0 atom stereocenters. The van der Waals surface area contributed by atoms with Gasteiger partial charge in [0, 0.05) is 13.1 Å². The van der Waals surface area contributed by atoms with Crippen molar-refractivity contribution in [2.75, 3.05) is 13.1 Å². The van der Waals surface area contributed by atoms with Gasteiger partial charge in [-0.05, 0) is 12.1 Å². The van der Waals surface area contributed by atoms with E-state index >= 15 is 0 Å². The molecule has 0 aliphatic rings. The van der Waals surface area contributed by atoms with Gasteiger partial charge in [-0.3, -0.25) is 0 Å². The lowest BCUT2D eigenvalue weighted by atomic mass is 10.3. The molecule has 1 rings (SSSR count). The van der Waals surface area contributed by atoms with Gasteiger partial charge < -0.3 is 10.5 Å². The van der Waals surface area contributed by atoms with Crippen molar-refractivity contribution in [3.05, 3.63) is 24.3 Å². The Morgan fingerprint density at radius 3 is 2.59 bits per heavy atom. The number of benzene rings is 1. The molecule has 1 aromatic carbocycles. The molecule has 5 nitrogen and oxygen atoms in total. The molecule has 0 unspecified atom stereocenters. The van der Waals surface area contributed by atoms with Gasteiger partial charge in [-0.2, -0.15) is 8.78 Å². The molecule has 0 radical (unpaired) electrons. The number of hydrogen-bond acceptors (Lipinski definition) is 4. The number of nitrogens with one attached hydrogen (secondary N) is 1. The number of hydrogen-bond donors (Lipinski definition) is 2. The van der Waals surface area contributed by atoms with Crippen LogP contribution >= 0.6 is 0 Å². The van der Waals surface area contributed by atoms with E-state index in [-0.39, 0.29) is 18.0 Å². The van der Waals surface area contributed by atoms with Gasteiger partial charge in [-0.25, -0.2) is 13.1 Å². The summed E-state index contributed by atoms with van der Waals surface area (Å²) in [5, 5.41) is 0. The van der Waals surface area contributed by atoms with E-state index in [9.17, 15) is 17.2 Å². The van der Waals surface area contributed by atoms with Crippen LogP contribution in [0.3, 0.4) is 0 Å². The molecule has 0 heterocycles. The van der Waals surface area contributed by atoms with E-state index in [0.29, 0.717) is 0 Å². The van der Waals surface area contributed by atoms with E-state index in [1.807, 2.05) is 0 Å².